The van der Waals surface area contributed by atoms with E-state index in [1.54, 1.807) is 18.2 Å². The van der Waals surface area contributed by atoms with Crippen LogP contribution < -0.4 is 5.73 Å². The summed E-state index contributed by atoms with van der Waals surface area (Å²) in [7, 11) is 0. The van der Waals surface area contributed by atoms with E-state index in [9.17, 15) is 18.3 Å². The molecule has 0 aliphatic heterocycles. The van der Waals surface area contributed by atoms with E-state index in [4.69, 9.17) is 5.73 Å². The van der Waals surface area contributed by atoms with Crippen molar-refractivity contribution in [3.05, 3.63) is 34.7 Å². The third kappa shape index (κ3) is 2.66. The van der Waals surface area contributed by atoms with Gasteiger partial charge in [0.2, 0.25) is 0 Å². The average molecular weight is 275 g/mol. The Morgan fingerprint density at radius 2 is 2.00 bits per heavy atom. The largest absolute Gasteiger partial charge is 0.425 e. The highest BCUT2D eigenvalue weighted by atomic mass is 32.1. The van der Waals surface area contributed by atoms with Gasteiger partial charge in [-0.05, 0) is 42.1 Å². The minimum absolute atomic E-state index is 0.330. The predicted molar refractivity (Wildman–Crippen MR) is 65.5 cm³/mol. The third-order valence-electron chi connectivity index (χ3n) is 2.64. The van der Waals surface area contributed by atoms with Crippen LogP contribution in [0.1, 0.15) is 23.0 Å². The van der Waals surface area contributed by atoms with E-state index in [1.165, 1.54) is 0 Å². The number of nitrogens with two attached hydrogens (primary N) is 1. The molecule has 3 N–H and O–H groups in total. The lowest BCUT2D eigenvalue weighted by Crippen LogP contribution is -2.06. The lowest BCUT2D eigenvalue weighted by molar-refractivity contribution is -0.134. The van der Waals surface area contributed by atoms with E-state index in [-0.39, 0.29) is 0 Å². The maximum atomic E-state index is 12.6. The topological polar surface area (TPSA) is 46.2 Å². The van der Waals surface area contributed by atoms with Crippen molar-refractivity contribution in [2.24, 2.45) is 5.73 Å². The van der Waals surface area contributed by atoms with Crippen LogP contribution in [0.25, 0.3) is 10.1 Å². The van der Waals surface area contributed by atoms with Crippen LogP contribution in [-0.4, -0.2) is 11.7 Å². The smallest absolute Gasteiger partial charge is 0.388 e. The zero-order valence-electron chi connectivity index (χ0n) is 9.37. The molecule has 0 aliphatic carbocycles. The molecule has 0 saturated heterocycles. The van der Waals surface area contributed by atoms with Crippen molar-refractivity contribution in [2.75, 3.05) is 6.54 Å². The van der Waals surface area contributed by atoms with Crippen molar-refractivity contribution >= 4 is 21.4 Å². The Kier molecular flexibility index (Phi) is 3.61. The van der Waals surface area contributed by atoms with Crippen LogP contribution in [0.2, 0.25) is 0 Å². The molecule has 18 heavy (non-hydrogen) atoms. The number of thiophene rings is 1. The van der Waals surface area contributed by atoms with E-state index in [0.717, 1.165) is 6.07 Å². The summed E-state index contributed by atoms with van der Waals surface area (Å²) in [4.78, 5) is -0.622. The van der Waals surface area contributed by atoms with E-state index in [1.807, 2.05) is 0 Å². The van der Waals surface area contributed by atoms with Crippen LogP contribution in [0, 0.1) is 0 Å². The number of aliphatic hydroxyl groups is 1. The first-order chi connectivity index (χ1) is 8.41. The van der Waals surface area contributed by atoms with Gasteiger partial charge < -0.3 is 10.8 Å². The van der Waals surface area contributed by atoms with E-state index in [0.29, 0.717) is 40.0 Å². The second-order valence-electron chi connectivity index (χ2n) is 4.00. The number of aliphatic hydroxyl groups excluding tert-OH is 1. The summed E-state index contributed by atoms with van der Waals surface area (Å²) in [5.74, 6) is 0. The summed E-state index contributed by atoms with van der Waals surface area (Å²) in [6.07, 6.45) is -4.66. The van der Waals surface area contributed by atoms with Gasteiger partial charge in [0.05, 0.1) is 6.10 Å². The van der Waals surface area contributed by atoms with Crippen LogP contribution in [0.3, 0.4) is 0 Å². The number of hydrogen-bond donors (Lipinski definition) is 2. The van der Waals surface area contributed by atoms with Crippen molar-refractivity contribution in [1.29, 1.82) is 0 Å². The molecule has 0 saturated carbocycles. The fraction of sp³-hybridized carbons (Fsp3) is 0.333. The van der Waals surface area contributed by atoms with Crippen molar-refractivity contribution < 1.29 is 18.3 Å². The summed E-state index contributed by atoms with van der Waals surface area (Å²) in [5.41, 5.74) is 5.93. The molecule has 0 amide bonds. The number of halogens is 3. The van der Waals surface area contributed by atoms with Gasteiger partial charge in [0.25, 0.3) is 0 Å². The molecule has 0 bridgehead atoms. The molecule has 2 aromatic rings. The number of benzene rings is 1. The summed E-state index contributed by atoms with van der Waals surface area (Å²) >= 11 is 0.707. The molecule has 0 fully saturated rings. The molecular weight excluding hydrogens is 263 g/mol. The normalized spacial score (nSPS) is 14.1. The molecule has 1 aromatic carbocycles. The second-order valence-corrected chi connectivity index (χ2v) is 5.08. The first-order valence-electron chi connectivity index (χ1n) is 5.40. The Hall–Kier alpha value is -1.11. The fourth-order valence-corrected chi connectivity index (χ4v) is 2.64. The van der Waals surface area contributed by atoms with Crippen LogP contribution in [0.15, 0.2) is 24.3 Å². The molecule has 2 nitrogen and oxygen atoms in total. The van der Waals surface area contributed by atoms with Gasteiger partial charge in [-0.1, -0.05) is 6.07 Å². The molecule has 1 aromatic heterocycles. The SMILES string of the molecule is NCCC(O)c1ccc2sc(C(F)(F)F)cc2c1. The molecule has 0 radical (unpaired) electrons. The van der Waals surface area contributed by atoms with Gasteiger partial charge in [0, 0.05) is 4.70 Å². The number of hydrogen-bond acceptors (Lipinski definition) is 3. The summed E-state index contributed by atoms with van der Waals surface area (Å²) < 4.78 is 38.2. The standard InChI is InChI=1S/C12H12F3NOS/c13-12(14,15)11-6-8-5-7(9(17)3-4-16)1-2-10(8)18-11/h1-2,5-6,9,17H,3-4,16H2. The predicted octanol–water partition coefficient (Wildman–Crippen LogP) is 3.30. The molecule has 6 heteroatoms. The Bertz CT molecular complexity index is 550. The minimum atomic E-state index is -4.32. The number of rotatable bonds is 3. The highest BCUT2D eigenvalue weighted by Crippen LogP contribution is 2.38. The maximum Gasteiger partial charge on any atom is 0.425 e. The Balaban J connectivity index is 2.40. The fourth-order valence-electron chi connectivity index (χ4n) is 1.73. The Morgan fingerprint density at radius 1 is 1.28 bits per heavy atom. The zero-order valence-corrected chi connectivity index (χ0v) is 10.2. The molecule has 0 aliphatic rings. The van der Waals surface area contributed by atoms with Gasteiger partial charge in [-0.15, -0.1) is 11.3 Å². The van der Waals surface area contributed by atoms with E-state index < -0.39 is 17.2 Å². The van der Waals surface area contributed by atoms with Gasteiger partial charge in [-0.2, -0.15) is 13.2 Å². The second kappa shape index (κ2) is 4.87. The third-order valence-corrected chi connectivity index (χ3v) is 3.81. The number of alkyl halides is 3. The molecule has 1 atom stereocenters. The van der Waals surface area contributed by atoms with Gasteiger partial charge in [-0.25, -0.2) is 0 Å². The molecule has 2 rings (SSSR count). The van der Waals surface area contributed by atoms with Crippen molar-refractivity contribution in [3.8, 4) is 0 Å². The van der Waals surface area contributed by atoms with Gasteiger partial charge in [-0.3, -0.25) is 0 Å². The van der Waals surface area contributed by atoms with Crippen LogP contribution in [0.5, 0.6) is 0 Å². The van der Waals surface area contributed by atoms with E-state index in [2.05, 4.69) is 0 Å². The minimum Gasteiger partial charge on any atom is -0.388 e. The first-order valence-corrected chi connectivity index (χ1v) is 6.22. The quantitative estimate of drug-likeness (QED) is 0.902. The molecule has 0 spiro atoms. The van der Waals surface area contributed by atoms with Crippen LogP contribution >= 0.6 is 11.3 Å². The summed E-state index contributed by atoms with van der Waals surface area (Å²) in [5, 5.41) is 10.2. The highest BCUT2D eigenvalue weighted by molar-refractivity contribution is 7.19. The lowest BCUT2D eigenvalue weighted by atomic mass is 10.1. The highest BCUT2D eigenvalue weighted by Gasteiger charge is 2.32. The molecule has 98 valence electrons. The van der Waals surface area contributed by atoms with Crippen molar-refractivity contribution in [1.82, 2.24) is 0 Å². The lowest BCUT2D eigenvalue weighted by Gasteiger charge is -2.09. The van der Waals surface area contributed by atoms with Crippen LogP contribution in [0.4, 0.5) is 13.2 Å². The maximum absolute atomic E-state index is 12.6. The zero-order chi connectivity index (χ0) is 13.3. The van der Waals surface area contributed by atoms with Gasteiger partial charge in [0.15, 0.2) is 0 Å². The number of fused-ring (bicyclic) bond motifs is 1. The molecular formula is C12H12F3NOS. The van der Waals surface area contributed by atoms with Gasteiger partial charge >= 0.3 is 6.18 Å². The van der Waals surface area contributed by atoms with Crippen LogP contribution in [-0.2, 0) is 6.18 Å². The first kappa shape index (κ1) is 13.3. The van der Waals surface area contributed by atoms with Gasteiger partial charge in [0.1, 0.15) is 4.88 Å². The Labute approximate surface area is 106 Å². The van der Waals surface area contributed by atoms with Crippen molar-refractivity contribution in [3.63, 3.8) is 0 Å². The molecule has 1 unspecified atom stereocenters. The Morgan fingerprint density at radius 3 is 2.61 bits per heavy atom. The van der Waals surface area contributed by atoms with E-state index >= 15 is 0 Å². The monoisotopic (exact) mass is 275 g/mol. The summed E-state index contributed by atoms with van der Waals surface area (Å²) in [6, 6.07) is 5.93. The van der Waals surface area contributed by atoms with Crippen molar-refractivity contribution in [2.45, 2.75) is 18.7 Å². The average Bonchev–Trinajstić information content (AvgIpc) is 2.71. The summed E-state index contributed by atoms with van der Waals surface area (Å²) in [6.45, 7) is 0.330. The molecule has 1 heterocycles.